The molecule has 98 valence electrons. The average molecular weight is 271 g/mol. The predicted octanol–water partition coefficient (Wildman–Crippen LogP) is 2.90. The van der Waals surface area contributed by atoms with E-state index in [1.54, 1.807) is 19.1 Å². The maximum absolute atomic E-state index is 13.6. The van der Waals surface area contributed by atoms with Crippen molar-refractivity contribution in [2.45, 2.75) is 25.8 Å². The van der Waals surface area contributed by atoms with E-state index in [0.29, 0.717) is 10.7 Å². The lowest BCUT2D eigenvalue weighted by Crippen LogP contribution is -2.41. The molecule has 2 rings (SSSR count). The third-order valence-corrected chi connectivity index (χ3v) is 3.47. The molecule has 0 saturated carbocycles. The molecule has 1 aromatic rings. The molecule has 1 aliphatic rings. The zero-order chi connectivity index (χ0) is 13.1. The van der Waals surface area contributed by atoms with E-state index in [1.165, 1.54) is 6.07 Å². The van der Waals surface area contributed by atoms with Crippen LogP contribution >= 0.6 is 11.6 Å². The molecule has 0 aromatic heterocycles. The molecule has 1 saturated heterocycles. The van der Waals surface area contributed by atoms with Crippen molar-refractivity contribution in [3.63, 3.8) is 0 Å². The van der Waals surface area contributed by atoms with Crippen molar-refractivity contribution in [3.8, 4) is 0 Å². The Morgan fingerprint density at radius 3 is 2.67 bits per heavy atom. The molecule has 1 aromatic carbocycles. The topological polar surface area (TPSA) is 32.3 Å². The first-order chi connectivity index (χ1) is 8.56. The number of carbonyl (C=O) groups is 1. The van der Waals surface area contributed by atoms with Crippen LogP contribution in [0.5, 0.6) is 0 Å². The largest absolute Gasteiger partial charge is 0.380 e. The second-order valence-corrected chi connectivity index (χ2v) is 4.99. The minimum Gasteiger partial charge on any atom is -0.380 e. The predicted molar refractivity (Wildman–Crippen MR) is 70.3 cm³/mol. The van der Waals surface area contributed by atoms with E-state index >= 15 is 0 Å². The molecule has 1 heterocycles. The van der Waals surface area contributed by atoms with Gasteiger partial charge in [-0.15, -0.1) is 0 Å². The smallest absolute Gasteiger partial charge is 0.219 e. The molecular weight excluding hydrogens is 255 g/mol. The van der Waals surface area contributed by atoms with Gasteiger partial charge in [-0.1, -0.05) is 11.6 Å². The van der Waals surface area contributed by atoms with Crippen molar-refractivity contribution in [3.05, 3.63) is 29.0 Å². The Kier molecular flexibility index (Phi) is 4.07. The molecule has 1 aliphatic heterocycles. The number of benzene rings is 1. The van der Waals surface area contributed by atoms with E-state index in [1.807, 2.05) is 4.90 Å². The minimum absolute atomic E-state index is 0.103. The van der Waals surface area contributed by atoms with Gasteiger partial charge >= 0.3 is 0 Å². The van der Waals surface area contributed by atoms with E-state index in [9.17, 15) is 9.18 Å². The Bertz CT molecular complexity index is 445. The second-order valence-electron chi connectivity index (χ2n) is 4.55. The molecule has 18 heavy (non-hydrogen) atoms. The summed E-state index contributed by atoms with van der Waals surface area (Å²) in [4.78, 5) is 13.0. The molecular formula is C13H16ClFN2O. The lowest BCUT2D eigenvalue weighted by Gasteiger charge is -2.32. The highest BCUT2D eigenvalue weighted by Gasteiger charge is 2.21. The molecule has 1 amide bonds. The minimum atomic E-state index is -0.337. The molecule has 0 radical (unpaired) electrons. The van der Waals surface area contributed by atoms with Gasteiger partial charge in [0.2, 0.25) is 5.91 Å². The van der Waals surface area contributed by atoms with Gasteiger partial charge in [-0.2, -0.15) is 0 Å². The van der Waals surface area contributed by atoms with Crippen LogP contribution in [0.15, 0.2) is 18.2 Å². The van der Waals surface area contributed by atoms with E-state index in [4.69, 9.17) is 11.6 Å². The quantitative estimate of drug-likeness (QED) is 0.896. The number of likely N-dealkylation sites (tertiary alicyclic amines) is 1. The highest BCUT2D eigenvalue weighted by Crippen LogP contribution is 2.22. The fourth-order valence-corrected chi connectivity index (χ4v) is 2.32. The Labute approximate surface area is 111 Å². The Morgan fingerprint density at radius 1 is 1.44 bits per heavy atom. The van der Waals surface area contributed by atoms with Crippen molar-refractivity contribution >= 4 is 23.2 Å². The zero-order valence-electron chi connectivity index (χ0n) is 10.2. The molecule has 1 N–H and O–H groups in total. The van der Waals surface area contributed by atoms with Gasteiger partial charge in [-0.05, 0) is 31.0 Å². The van der Waals surface area contributed by atoms with Crippen LogP contribution in [-0.4, -0.2) is 29.9 Å². The van der Waals surface area contributed by atoms with Crippen LogP contribution in [0.1, 0.15) is 19.8 Å². The summed E-state index contributed by atoms with van der Waals surface area (Å²) >= 11 is 5.70. The van der Waals surface area contributed by atoms with E-state index in [-0.39, 0.29) is 17.8 Å². The maximum Gasteiger partial charge on any atom is 0.219 e. The Morgan fingerprint density at radius 2 is 2.11 bits per heavy atom. The highest BCUT2D eigenvalue weighted by molar-refractivity contribution is 6.30. The monoisotopic (exact) mass is 270 g/mol. The van der Waals surface area contributed by atoms with Crippen LogP contribution in [0.4, 0.5) is 10.1 Å². The maximum atomic E-state index is 13.6. The standard InChI is InChI=1S/C13H16ClFN2O/c1-9(18)17-6-4-11(5-7-17)16-13-3-2-10(14)8-12(13)15/h2-3,8,11,16H,4-7H2,1H3. The molecule has 3 nitrogen and oxygen atoms in total. The third-order valence-electron chi connectivity index (χ3n) is 3.23. The highest BCUT2D eigenvalue weighted by atomic mass is 35.5. The summed E-state index contributed by atoms with van der Waals surface area (Å²) in [6.45, 7) is 3.02. The van der Waals surface area contributed by atoms with Gasteiger partial charge < -0.3 is 10.2 Å². The Balaban J connectivity index is 1.93. The van der Waals surface area contributed by atoms with Crippen LogP contribution in [0.3, 0.4) is 0 Å². The zero-order valence-corrected chi connectivity index (χ0v) is 11.0. The first-order valence-corrected chi connectivity index (χ1v) is 6.41. The van der Waals surface area contributed by atoms with Crippen molar-refractivity contribution in [2.75, 3.05) is 18.4 Å². The first kappa shape index (κ1) is 13.1. The molecule has 5 heteroatoms. The number of rotatable bonds is 2. The van der Waals surface area contributed by atoms with Crippen LogP contribution in [0.2, 0.25) is 5.02 Å². The fraction of sp³-hybridized carbons (Fsp3) is 0.462. The molecule has 0 aliphatic carbocycles. The summed E-state index contributed by atoms with van der Waals surface area (Å²) in [5, 5.41) is 3.56. The van der Waals surface area contributed by atoms with E-state index in [0.717, 1.165) is 25.9 Å². The Hall–Kier alpha value is -1.29. The molecule has 0 spiro atoms. The van der Waals surface area contributed by atoms with Crippen LogP contribution in [0.25, 0.3) is 0 Å². The fourth-order valence-electron chi connectivity index (χ4n) is 2.17. The van der Waals surface area contributed by atoms with Gasteiger partial charge in [0.05, 0.1) is 5.69 Å². The molecule has 0 bridgehead atoms. The molecule has 0 atom stereocenters. The normalized spacial score (nSPS) is 16.7. The van der Waals surface area contributed by atoms with Crippen LogP contribution in [0, 0.1) is 5.82 Å². The number of nitrogens with one attached hydrogen (secondary N) is 1. The lowest BCUT2D eigenvalue weighted by atomic mass is 10.0. The molecule has 1 fully saturated rings. The van der Waals surface area contributed by atoms with Crippen LogP contribution in [-0.2, 0) is 4.79 Å². The van der Waals surface area contributed by atoms with Gasteiger partial charge in [-0.25, -0.2) is 4.39 Å². The second kappa shape index (κ2) is 5.57. The van der Waals surface area contributed by atoms with Gasteiger partial charge in [0, 0.05) is 31.1 Å². The number of anilines is 1. The number of hydrogen-bond acceptors (Lipinski definition) is 2. The lowest BCUT2D eigenvalue weighted by molar-refractivity contribution is -0.129. The van der Waals surface area contributed by atoms with E-state index < -0.39 is 0 Å². The molecule has 0 unspecified atom stereocenters. The van der Waals surface area contributed by atoms with Crippen LogP contribution < -0.4 is 5.32 Å². The van der Waals surface area contributed by atoms with Gasteiger partial charge in [0.1, 0.15) is 5.82 Å². The average Bonchev–Trinajstić information content (AvgIpc) is 2.33. The van der Waals surface area contributed by atoms with Crippen molar-refractivity contribution in [2.24, 2.45) is 0 Å². The third kappa shape index (κ3) is 3.13. The van der Waals surface area contributed by atoms with Gasteiger partial charge in [-0.3, -0.25) is 4.79 Å². The number of amides is 1. The number of hydrogen-bond donors (Lipinski definition) is 1. The van der Waals surface area contributed by atoms with Crippen molar-refractivity contribution in [1.29, 1.82) is 0 Å². The number of piperidine rings is 1. The van der Waals surface area contributed by atoms with E-state index in [2.05, 4.69) is 5.32 Å². The number of carbonyl (C=O) groups excluding carboxylic acids is 1. The van der Waals surface area contributed by atoms with Gasteiger partial charge in [0.15, 0.2) is 0 Å². The van der Waals surface area contributed by atoms with Gasteiger partial charge in [0.25, 0.3) is 0 Å². The SMILES string of the molecule is CC(=O)N1CCC(Nc2ccc(Cl)cc2F)CC1. The summed E-state index contributed by atoms with van der Waals surface area (Å²) in [5.41, 5.74) is 0.473. The summed E-state index contributed by atoms with van der Waals surface area (Å²) in [6, 6.07) is 4.82. The number of halogens is 2. The van der Waals surface area contributed by atoms with Crippen molar-refractivity contribution < 1.29 is 9.18 Å². The first-order valence-electron chi connectivity index (χ1n) is 6.03. The summed E-state index contributed by atoms with van der Waals surface area (Å²) in [5.74, 6) is -0.234. The van der Waals surface area contributed by atoms with Crippen molar-refractivity contribution in [1.82, 2.24) is 4.90 Å². The summed E-state index contributed by atoms with van der Waals surface area (Å²) in [7, 11) is 0. The summed E-state index contributed by atoms with van der Waals surface area (Å²) < 4.78 is 13.6. The summed E-state index contributed by atoms with van der Waals surface area (Å²) in [6.07, 6.45) is 1.67. The number of nitrogens with zero attached hydrogens (tertiary/aromatic N) is 1.